The third-order valence-electron chi connectivity index (χ3n) is 1.60. The summed E-state index contributed by atoms with van der Waals surface area (Å²) in [6.45, 7) is 0. The Labute approximate surface area is 60.2 Å². The van der Waals surface area contributed by atoms with Crippen LogP contribution in [0.2, 0.25) is 0 Å². The summed E-state index contributed by atoms with van der Waals surface area (Å²) in [6, 6.07) is 0. The SMILES string of the molecule is CSC1C=CC(O)CC1. The lowest BCUT2D eigenvalue weighted by Crippen LogP contribution is -2.12. The summed E-state index contributed by atoms with van der Waals surface area (Å²) in [7, 11) is 0. The van der Waals surface area contributed by atoms with Gasteiger partial charge in [-0.2, -0.15) is 11.8 Å². The van der Waals surface area contributed by atoms with Crippen molar-refractivity contribution in [2.45, 2.75) is 24.2 Å². The third kappa shape index (κ3) is 2.03. The molecule has 1 aliphatic rings. The van der Waals surface area contributed by atoms with Crippen molar-refractivity contribution in [2.24, 2.45) is 0 Å². The first-order valence-electron chi connectivity index (χ1n) is 3.22. The molecule has 1 N–H and O–H groups in total. The van der Waals surface area contributed by atoms with Crippen molar-refractivity contribution in [1.29, 1.82) is 0 Å². The molecule has 2 atom stereocenters. The number of thioether (sulfide) groups is 1. The maximum atomic E-state index is 9.03. The van der Waals surface area contributed by atoms with E-state index >= 15 is 0 Å². The van der Waals surface area contributed by atoms with E-state index in [2.05, 4.69) is 12.3 Å². The van der Waals surface area contributed by atoms with Crippen LogP contribution >= 0.6 is 11.8 Å². The van der Waals surface area contributed by atoms with Gasteiger partial charge in [0.2, 0.25) is 0 Å². The molecule has 9 heavy (non-hydrogen) atoms. The smallest absolute Gasteiger partial charge is 0.0721 e. The lowest BCUT2D eigenvalue weighted by Gasteiger charge is -2.16. The molecule has 0 aromatic carbocycles. The zero-order chi connectivity index (χ0) is 6.69. The zero-order valence-electron chi connectivity index (χ0n) is 5.58. The molecule has 0 amide bonds. The Morgan fingerprint density at radius 1 is 1.44 bits per heavy atom. The van der Waals surface area contributed by atoms with Gasteiger partial charge in [-0.15, -0.1) is 0 Å². The highest BCUT2D eigenvalue weighted by molar-refractivity contribution is 7.99. The highest BCUT2D eigenvalue weighted by Gasteiger charge is 2.11. The number of hydrogen-bond donors (Lipinski definition) is 1. The van der Waals surface area contributed by atoms with Crippen LogP contribution in [-0.2, 0) is 0 Å². The molecule has 0 saturated heterocycles. The van der Waals surface area contributed by atoms with E-state index in [4.69, 9.17) is 5.11 Å². The van der Waals surface area contributed by atoms with E-state index in [1.54, 1.807) is 0 Å². The molecule has 0 spiro atoms. The Balaban J connectivity index is 2.38. The van der Waals surface area contributed by atoms with E-state index in [9.17, 15) is 0 Å². The molecular weight excluding hydrogens is 132 g/mol. The summed E-state index contributed by atoms with van der Waals surface area (Å²) in [5.41, 5.74) is 0. The molecule has 1 aliphatic carbocycles. The molecule has 1 rings (SSSR count). The van der Waals surface area contributed by atoms with Crippen molar-refractivity contribution >= 4 is 11.8 Å². The van der Waals surface area contributed by atoms with E-state index in [0.29, 0.717) is 5.25 Å². The van der Waals surface area contributed by atoms with Crippen LogP contribution in [0, 0.1) is 0 Å². The molecule has 52 valence electrons. The highest BCUT2D eigenvalue weighted by atomic mass is 32.2. The summed E-state index contributed by atoms with van der Waals surface area (Å²) in [5.74, 6) is 0. The van der Waals surface area contributed by atoms with Gasteiger partial charge in [0, 0.05) is 5.25 Å². The van der Waals surface area contributed by atoms with Crippen molar-refractivity contribution in [3.63, 3.8) is 0 Å². The summed E-state index contributed by atoms with van der Waals surface area (Å²) < 4.78 is 0. The van der Waals surface area contributed by atoms with Crippen LogP contribution < -0.4 is 0 Å². The van der Waals surface area contributed by atoms with Gasteiger partial charge in [-0.25, -0.2) is 0 Å². The standard InChI is InChI=1S/C7H12OS/c1-9-7-4-2-6(8)3-5-7/h2,4,6-8H,3,5H2,1H3. The van der Waals surface area contributed by atoms with Gasteiger partial charge in [0.15, 0.2) is 0 Å². The Hall–Kier alpha value is 0.0500. The first-order valence-corrected chi connectivity index (χ1v) is 4.51. The minimum absolute atomic E-state index is 0.173. The monoisotopic (exact) mass is 144 g/mol. The molecule has 0 radical (unpaired) electrons. The maximum Gasteiger partial charge on any atom is 0.0721 e. The predicted molar refractivity (Wildman–Crippen MR) is 41.7 cm³/mol. The van der Waals surface area contributed by atoms with Gasteiger partial charge in [-0.05, 0) is 19.1 Å². The molecule has 2 heteroatoms. The lowest BCUT2D eigenvalue weighted by atomic mass is 10.1. The Kier molecular flexibility index (Phi) is 2.61. The van der Waals surface area contributed by atoms with E-state index < -0.39 is 0 Å². The topological polar surface area (TPSA) is 20.2 Å². The zero-order valence-corrected chi connectivity index (χ0v) is 6.40. The van der Waals surface area contributed by atoms with Crippen LogP contribution in [0.4, 0.5) is 0 Å². The van der Waals surface area contributed by atoms with Gasteiger partial charge in [0.25, 0.3) is 0 Å². The minimum atomic E-state index is -0.173. The molecule has 0 aliphatic heterocycles. The van der Waals surface area contributed by atoms with Crippen LogP contribution in [0.5, 0.6) is 0 Å². The van der Waals surface area contributed by atoms with Crippen molar-refractivity contribution in [2.75, 3.05) is 6.26 Å². The summed E-state index contributed by atoms with van der Waals surface area (Å²) in [4.78, 5) is 0. The average molecular weight is 144 g/mol. The van der Waals surface area contributed by atoms with Crippen LogP contribution in [0.3, 0.4) is 0 Å². The Morgan fingerprint density at radius 2 is 2.22 bits per heavy atom. The molecule has 0 aromatic rings. The fourth-order valence-electron chi connectivity index (χ4n) is 0.976. The summed E-state index contributed by atoms with van der Waals surface area (Å²) >= 11 is 1.85. The fourth-order valence-corrected chi connectivity index (χ4v) is 1.60. The largest absolute Gasteiger partial charge is 0.389 e. The summed E-state index contributed by atoms with van der Waals surface area (Å²) in [6.07, 6.45) is 7.98. The van der Waals surface area contributed by atoms with Gasteiger partial charge in [0.1, 0.15) is 0 Å². The first kappa shape index (κ1) is 7.16. The van der Waals surface area contributed by atoms with Crippen molar-refractivity contribution in [3.8, 4) is 0 Å². The van der Waals surface area contributed by atoms with Crippen molar-refractivity contribution in [3.05, 3.63) is 12.2 Å². The van der Waals surface area contributed by atoms with E-state index in [-0.39, 0.29) is 6.10 Å². The van der Waals surface area contributed by atoms with Gasteiger partial charge in [0.05, 0.1) is 6.10 Å². The molecule has 0 saturated carbocycles. The summed E-state index contributed by atoms with van der Waals surface area (Å²) in [5, 5.41) is 9.67. The molecule has 1 nitrogen and oxygen atoms in total. The van der Waals surface area contributed by atoms with Gasteiger partial charge >= 0.3 is 0 Å². The minimum Gasteiger partial charge on any atom is -0.389 e. The van der Waals surface area contributed by atoms with Gasteiger partial charge in [-0.3, -0.25) is 0 Å². The van der Waals surface area contributed by atoms with E-state index in [1.165, 1.54) is 0 Å². The van der Waals surface area contributed by atoms with Crippen LogP contribution in [0.15, 0.2) is 12.2 Å². The second kappa shape index (κ2) is 3.28. The number of rotatable bonds is 1. The second-order valence-electron chi connectivity index (χ2n) is 2.30. The quantitative estimate of drug-likeness (QED) is 0.562. The van der Waals surface area contributed by atoms with E-state index in [0.717, 1.165) is 12.8 Å². The van der Waals surface area contributed by atoms with Gasteiger partial charge < -0.3 is 5.11 Å². The first-order chi connectivity index (χ1) is 4.33. The molecule has 0 fully saturated rings. The molecule has 0 aromatic heterocycles. The molecular formula is C7H12OS. The van der Waals surface area contributed by atoms with Crippen LogP contribution in [0.1, 0.15) is 12.8 Å². The van der Waals surface area contributed by atoms with Gasteiger partial charge in [-0.1, -0.05) is 12.2 Å². The molecule has 0 heterocycles. The number of aliphatic hydroxyl groups is 1. The highest BCUT2D eigenvalue weighted by Crippen LogP contribution is 2.20. The number of aliphatic hydroxyl groups excluding tert-OH is 1. The van der Waals surface area contributed by atoms with Crippen molar-refractivity contribution < 1.29 is 5.11 Å². The molecule has 0 bridgehead atoms. The normalized spacial score (nSPS) is 34.9. The Bertz CT molecular complexity index is 111. The molecule has 2 unspecified atom stereocenters. The second-order valence-corrected chi connectivity index (χ2v) is 3.38. The predicted octanol–water partition coefficient (Wildman–Crippen LogP) is 1.43. The van der Waals surface area contributed by atoms with E-state index in [1.807, 2.05) is 17.8 Å². The average Bonchev–Trinajstić information content (AvgIpc) is 1.90. The van der Waals surface area contributed by atoms with Crippen LogP contribution in [0.25, 0.3) is 0 Å². The number of hydrogen-bond acceptors (Lipinski definition) is 2. The lowest BCUT2D eigenvalue weighted by molar-refractivity contribution is 0.205. The van der Waals surface area contributed by atoms with Crippen LogP contribution in [-0.4, -0.2) is 22.7 Å². The Morgan fingerprint density at radius 3 is 2.67 bits per heavy atom. The van der Waals surface area contributed by atoms with Crippen molar-refractivity contribution in [1.82, 2.24) is 0 Å². The third-order valence-corrected chi connectivity index (χ3v) is 2.60. The fraction of sp³-hybridized carbons (Fsp3) is 0.714. The maximum absolute atomic E-state index is 9.03.